The molecule has 2 atom stereocenters. The van der Waals surface area contributed by atoms with E-state index in [9.17, 15) is 13.2 Å². The molecular weight excluding hydrogens is 334 g/mol. The van der Waals surface area contributed by atoms with E-state index in [2.05, 4.69) is 0 Å². The van der Waals surface area contributed by atoms with Crippen LogP contribution in [-0.2, 0) is 26.0 Å². The van der Waals surface area contributed by atoms with Crippen molar-refractivity contribution in [1.29, 1.82) is 0 Å². The summed E-state index contributed by atoms with van der Waals surface area (Å²) in [5.41, 5.74) is 0.349. The van der Waals surface area contributed by atoms with Gasteiger partial charge in [0, 0.05) is 12.1 Å². The Morgan fingerprint density at radius 3 is 2.92 bits per heavy atom. The number of morpholine rings is 1. The molecule has 1 aliphatic heterocycles. The van der Waals surface area contributed by atoms with E-state index in [1.54, 1.807) is 0 Å². The fourth-order valence-corrected chi connectivity index (χ4v) is 5.26. The second-order valence-corrected chi connectivity index (χ2v) is 7.96. The second-order valence-electron chi connectivity index (χ2n) is 6.07. The van der Waals surface area contributed by atoms with Crippen LogP contribution in [0.25, 0.3) is 0 Å². The summed E-state index contributed by atoms with van der Waals surface area (Å²) in [5, 5.41) is 9.02. The van der Waals surface area contributed by atoms with Crippen LogP contribution in [0.5, 0.6) is 5.75 Å². The summed E-state index contributed by atoms with van der Waals surface area (Å²) in [6.07, 6.45) is 2.30. The number of carboxylic acids is 1. The van der Waals surface area contributed by atoms with Gasteiger partial charge in [-0.3, -0.25) is 4.79 Å². The Morgan fingerprint density at radius 1 is 1.42 bits per heavy atom. The Bertz CT molecular complexity index is 732. The standard InChI is InChI=1S/C16H21NO6S/c1-22-14-6-5-12(9-11(14)10-16(18)19)24(20,21)17-7-8-23-15-4-2-3-13(15)17/h5-6,9,13,15H,2-4,7-8,10H2,1H3,(H,18,19)/t13-,15+/m1/s1. The average molecular weight is 355 g/mol. The van der Waals surface area contributed by atoms with Crippen molar-refractivity contribution in [2.45, 2.75) is 42.7 Å². The largest absolute Gasteiger partial charge is 0.496 e. The Morgan fingerprint density at radius 2 is 2.21 bits per heavy atom. The van der Waals surface area contributed by atoms with Crippen molar-refractivity contribution in [3.8, 4) is 5.75 Å². The first-order valence-electron chi connectivity index (χ1n) is 7.95. The molecule has 8 heteroatoms. The molecular formula is C16H21NO6S. The van der Waals surface area contributed by atoms with E-state index in [1.165, 1.54) is 29.6 Å². The molecule has 1 heterocycles. The van der Waals surface area contributed by atoms with Gasteiger partial charge in [-0.05, 0) is 37.5 Å². The summed E-state index contributed by atoms with van der Waals surface area (Å²) >= 11 is 0. The minimum absolute atomic E-state index is 0.0368. The summed E-state index contributed by atoms with van der Waals surface area (Å²) < 4.78 is 38.4. The zero-order valence-corrected chi connectivity index (χ0v) is 14.3. The van der Waals surface area contributed by atoms with Crippen LogP contribution in [0.4, 0.5) is 0 Å². The number of fused-ring (bicyclic) bond motifs is 1. The number of sulfonamides is 1. The van der Waals surface area contributed by atoms with Gasteiger partial charge >= 0.3 is 5.97 Å². The van der Waals surface area contributed by atoms with Gasteiger partial charge in [0.05, 0.1) is 37.2 Å². The van der Waals surface area contributed by atoms with Crippen LogP contribution in [-0.4, -0.2) is 56.2 Å². The molecule has 24 heavy (non-hydrogen) atoms. The fraction of sp³-hybridized carbons (Fsp3) is 0.562. The normalized spacial score (nSPS) is 24.5. The van der Waals surface area contributed by atoms with Gasteiger partial charge in [-0.2, -0.15) is 4.31 Å². The van der Waals surface area contributed by atoms with Crippen molar-refractivity contribution in [3.05, 3.63) is 23.8 Å². The fourth-order valence-electron chi connectivity index (χ4n) is 3.54. The van der Waals surface area contributed by atoms with Crippen LogP contribution in [0.15, 0.2) is 23.1 Å². The lowest BCUT2D eigenvalue weighted by Crippen LogP contribution is -2.51. The third-order valence-electron chi connectivity index (χ3n) is 4.63. The zero-order chi connectivity index (χ0) is 17.3. The van der Waals surface area contributed by atoms with Gasteiger partial charge in [0.15, 0.2) is 0 Å². The van der Waals surface area contributed by atoms with E-state index in [1.807, 2.05) is 0 Å². The van der Waals surface area contributed by atoms with E-state index in [-0.39, 0.29) is 23.5 Å². The number of carboxylic acid groups (broad SMARTS) is 1. The Hall–Kier alpha value is -1.64. The molecule has 0 unspecified atom stereocenters. The van der Waals surface area contributed by atoms with Gasteiger partial charge in [-0.25, -0.2) is 8.42 Å². The summed E-state index contributed by atoms with van der Waals surface area (Å²) in [6, 6.07) is 4.26. The van der Waals surface area contributed by atoms with E-state index in [4.69, 9.17) is 14.6 Å². The minimum Gasteiger partial charge on any atom is -0.496 e. The predicted octanol–water partition coefficient (Wildman–Crippen LogP) is 1.26. The van der Waals surface area contributed by atoms with Crippen molar-refractivity contribution in [2.75, 3.05) is 20.3 Å². The third kappa shape index (κ3) is 3.13. The summed E-state index contributed by atoms with van der Waals surface area (Å²) in [7, 11) is -2.26. The molecule has 1 N–H and O–H groups in total. The number of carbonyl (C=O) groups is 1. The van der Waals surface area contributed by atoms with Crippen molar-refractivity contribution in [2.24, 2.45) is 0 Å². The van der Waals surface area contributed by atoms with Crippen molar-refractivity contribution >= 4 is 16.0 Å². The van der Waals surface area contributed by atoms with Crippen LogP contribution >= 0.6 is 0 Å². The van der Waals surface area contributed by atoms with Crippen molar-refractivity contribution < 1.29 is 27.8 Å². The molecule has 132 valence electrons. The van der Waals surface area contributed by atoms with Crippen LogP contribution in [0, 0.1) is 0 Å². The van der Waals surface area contributed by atoms with E-state index in [0.717, 1.165) is 19.3 Å². The maximum absolute atomic E-state index is 13.0. The average Bonchev–Trinajstić information content (AvgIpc) is 3.02. The molecule has 0 bridgehead atoms. The molecule has 0 radical (unpaired) electrons. The van der Waals surface area contributed by atoms with Crippen molar-refractivity contribution in [1.82, 2.24) is 4.31 Å². The molecule has 1 aromatic carbocycles. The number of methoxy groups -OCH3 is 1. The third-order valence-corrected chi connectivity index (χ3v) is 6.55. The maximum Gasteiger partial charge on any atom is 0.307 e. The van der Waals surface area contributed by atoms with Gasteiger partial charge in [0.2, 0.25) is 10.0 Å². The van der Waals surface area contributed by atoms with Gasteiger partial charge in [0.1, 0.15) is 5.75 Å². The molecule has 1 aliphatic carbocycles. The van der Waals surface area contributed by atoms with Crippen LogP contribution in [0.1, 0.15) is 24.8 Å². The Labute approximate surface area is 141 Å². The lowest BCUT2D eigenvalue weighted by atomic mass is 10.1. The number of ether oxygens (including phenoxy) is 2. The predicted molar refractivity (Wildman–Crippen MR) is 85.6 cm³/mol. The Kier molecular flexibility index (Phi) is 4.80. The molecule has 3 rings (SSSR count). The minimum atomic E-state index is -3.69. The van der Waals surface area contributed by atoms with Crippen molar-refractivity contribution in [3.63, 3.8) is 0 Å². The number of aliphatic carboxylic acids is 1. The lowest BCUT2D eigenvalue weighted by Gasteiger charge is -2.36. The SMILES string of the molecule is COc1ccc(S(=O)(=O)N2CCO[C@H]3CCC[C@H]32)cc1CC(=O)O. The zero-order valence-electron chi connectivity index (χ0n) is 13.5. The van der Waals surface area contributed by atoms with Gasteiger partial charge in [0.25, 0.3) is 0 Å². The molecule has 1 aromatic rings. The highest BCUT2D eigenvalue weighted by molar-refractivity contribution is 7.89. The first-order valence-corrected chi connectivity index (χ1v) is 9.39. The first-order chi connectivity index (χ1) is 11.4. The summed E-state index contributed by atoms with van der Waals surface area (Å²) in [4.78, 5) is 11.1. The number of hydrogen-bond acceptors (Lipinski definition) is 5. The molecule has 0 amide bonds. The summed E-state index contributed by atoms with van der Waals surface area (Å²) in [6.45, 7) is 0.711. The van der Waals surface area contributed by atoms with Gasteiger partial charge in [-0.15, -0.1) is 0 Å². The van der Waals surface area contributed by atoms with E-state index < -0.39 is 16.0 Å². The van der Waals surface area contributed by atoms with Crippen LogP contribution in [0.2, 0.25) is 0 Å². The van der Waals surface area contributed by atoms with Gasteiger partial charge in [-0.1, -0.05) is 0 Å². The molecule has 0 spiro atoms. The van der Waals surface area contributed by atoms with Crippen LogP contribution < -0.4 is 4.74 Å². The molecule has 2 fully saturated rings. The molecule has 1 saturated carbocycles. The Balaban J connectivity index is 1.95. The number of hydrogen-bond donors (Lipinski definition) is 1. The second kappa shape index (κ2) is 6.70. The molecule has 7 nitrogen and oxygen atoms in total. The van der Waals surface area contributed by atoms with E-state index in [0.29, 0.717) is 24.5 Å². The molecule has 0 aromatic heterocycles. The monoisotopic (exact) mass is 355 g/mol. The first kappa shape index (κ1) is 17.2. The van der Waals surface area contributed by atoms with Gasteiger partial charge < -0.3 is 14.6 Å². The smallest absolute Gasteiger partial charge is 0.307 e. The summed E-state index contributed by atoms with van der Waals surface area (Å²) in [5.74, 6) is -0.665. The number of rotatable bonds is 5. The molecule has 1 saturated heterocycles. The number of nitrogens with zero attached hydrogens (tertiary/aromatic N) is 1. The highest BCUT2D eigenvalue weighted by Gasteiger charge is 2.42. The maximum atomic E-state index is 13.0. The highest BCUT2D eigenvalue weighted by atomic mass is 32.2. The quantitative estimate of drug-likeness (QED) is 0.855. The highest BCUT2D eigenvalue weighted by Crippen LogP contribution is 2.34. The van der Waals surface area contributed by atoms with E-state index >= 15 is 0 Å². The van der Waals surface area contributed by atoms with Crippen LogP contribution in [0.3, 0.4) is 0 Å². The lowest BCUT2D eigenvalue weighted by molar-refractivity contribution is -0.136. The topological polar surface area (TPSA) is 93.1 Å². The number of benzene rings is 1. The molecule has 2 aliphatic rings.